The van der Waals surface area contributed by atoms with E-state index in [9.17, 15) is 4.79 Å². The largest absolute Gasteiger partial charge is 0.395 e. The topological polar surface area (TPSA) is 49.3 Å². The average molecular weight is 291 g/mol. The highest BCUT2D eigenvalue weighted by Gasteiger charge is 2.24. The van der Waals surface area contributed by atoms with Crippen LogP contribution in [0.1, 0.15) is 54.3 Å². The summed E-state index contributed by atoms with van der Waals surface area (Å²) in [5.41, 5.74) is 0.763. The molecule has 0 radical (unpaired) electrons. The summed E-state index contributed by atoms with van der Waals surface area (Å²) in [6.45, 7) is 2.15. The summed E-state index contributed by atoms with van der Waals surface area (Å²) in [6, 6.07) is 2.09. The van der Waals surface area contributed by atoms with Crippen LogP contribution in [0.15, 0.2) is 11.4 Å². The number of hydrogen-bond acceptors (Lipinski definition) is 3. The van der Waals surface area contributed by atoms with Gasteiger partial charge in [-0.1, -0.05) is 24.7 Å². The highest BCUT2D eigenvalue weighted by atomic mass is 32.1. The van der Waals surface area contributed by atoms with Crippen molar-refractivity contribution < 1.29 is 9.90 Å². The van der Waals surface area contributed by atoms with E-state index >= 15 is 0 Å². The van der Waals surface area contributed by atoms with E-state index in [0.29, 0.717) is 17.2 Å². The molecular formula is C16H21NO2S. The minimum absolute atomic E-state index is 0.0206. The van der Waals surface area contributed by atoms with Crippen molar-refractivity contribution in [2.24, 2.45) is 5.92 Å². The van der Waals surface area contributed by atoms with E-state index in [2.05, 4.69) is 24.1 Å². The molecule has 1 aliphatic carbocycles. The number of carbonyl (C=O) groups excluding carboxylic acids is 1. The maximum absolute atomic E-state index is 12.3. The molecule has 1 aromatic rings. The van der Waals surface area contributed by atoms with Gasteiger partial charge in [0.2, 0.25) is 0 Å². The van der Waals surface area contributed by atoms with Crippen LogP contribution in [0.4, 0.5) is 0 Å². The van der Waals surface area contributed by atoms with E-state index < -0.39 is 0 Å². The third kappa shape index (κ3) is 3.84. The Morgan fingerprint density at radius 2 is 2.30 bits per heavy atom. The van der Waals surface area contributed by atoms with Gasteiger partial charge in [0.1, 0.15) is 4.88 Å². The van der Waals surface area contributed by atoms with Gasteiger partial charge >= 0.3 is 0 Å². The van der Waals surface area contributed by atoms with Gasteiger partial charge in [-0.3, -0.25) is 4.79 Å². The summed E-state index contributed by atoms with van der Waals surface area (Å²) in [6.07, 6.45) is 5.43. The minimum atomic E-state index is -0.0206. The quantitative estimate of drug-likeness (QED) is 0.838. The first-order valence-corrected chi connectivity index (χ1v) is 8.08. The molecular weight excluding hydrogens is 270 g/mol. The molecule has 1 atom stereocenters. The number of amides is 1. The predicted octanol–water partition coefficient (Wildman–Crippen LogP) is 2.79. The Morgan fingerprint density at radius 3 is 3.00 bits per heavy atom. The Morgan fingerprint density at radius 1 is 1.55 bits per heavy atom. The molecule has 4 heteroatoms. The summed E-state index contributed by atoms with van der Waals surface area (Å²) < 4.78 is 0. The maximum atomic E-state index is 12.3. The van der Waals surface area contributed by atoms with E-state index in [0.717, 1.165) is 5.56 Å². The van der Waals surface area contributed by atoms with Crippen LogP contribution in [0.5, 0.6) is 0 Å². The van der Waals surface area contributed by atoms with Gasteiger partial charge in [-0.15, -0.1) is 11.3 Å². The zero-order valence-corrected chi connectivity index (χ0v) is 12.6. The lowest BCUT2D eigenvalue weighted by molar-refractivity contribution is 0.0931. The Hall–Kier alpha value is -1.31. The average Bonchev–Trinajstić information content (AvgIpc) is 3.10. The first-order valence-electron chi connectivity index (χ1n) is 7.20. The van der Waals surface area contributed by atoms with Crippen LogP contribution >= 0.6 is 11.3 Å². The first kappa shape index (κ1) is 15.1. The van der Waals surface area contributed by atoms with Crippen molar-refractivity contribution in [3.63, 3.8) is 0 Å². The smallest absolute Gasteiger partial charge is 0.262 e. The van der Waals surface area contributed by atoms with E-state index in [1.165, 1.54) is 37.0 Å². The summed E-state index contributed by atoms with van der Waals surface area (Å²) in [7, 11) is 0. The second kappa shape index (κ2) is 7.47. The second-order valence-electron chi connectivity index (χ2n) is 5.25. The maximum Gasteiger partial charge on any atom is 0.262 e. The number of aliphatic hydroxyl groups is 1. The third-order valence-corrected chi connectivity index (χ3v) is 4.71. The van der Waals surface area contributed by atoms with Crippen LogP contribution in [-0.2, 0) is 0 Å². The van der Waals surface area contributed by atoms with Crippen molar-refractivity contribution in [3.8, 4) is 11.8 Å². The number of thiophene rings is 1. The third-order valence-electron chi connectivity index (χ3n) is 3.80. The van der Waals surface area contributed by atoms with E-state index in [1.807, 2.05) is 11.4 Å². The number of aliphatic hydroxyl groups excluding tert-OH is 1. The lowest BCUT2D eigenvalue weighted by atomic mass is 10.00. The molecule has 0 aliphatic heterocycles. The zero-order chi connectivity index (χ0) is 14.4. The summed E-state index contributed by atoms with van der Waals surface area (Å²) >= 11 is 1.42. The first-order chi connectivity index (χ1) is 9.72. The van der Waals surface area contributed by atoms with Gasteiger partial charge < -0.3 is 10.4 Å². The lowest BCUT2D eigenvalue weighted by Gasteiger charge is -2.20. The number of rotatable bonds is 4. The highest BCUT2D eigenvalue weighted by Crippen LogP contribution is 2.28. The fraction of sp³-hybridized carbons (Fsp3) is 0.562. The molecule has 1 aliphatic rings. The van der Waals surface area contributed by atoms with Crippen molar-refractivity contribution in [1.82, 2.24) is 5.32 Å². The van der Waals surface area contributed by atoms with Gasteiger partial charge in [0.15, 0.2) is 0 Å². The zero-order valence-electron chi connectivity index (χ0n) is 11.8. The molecule has 1 fully saturated rings. The van der Waals surface area contributed by atoms with Gasteiger partial charge in [0.25, 0.3) is 5.91 Å². The molecule has 0 aromatic carbocycles. The fourth-order valence-corrected chi connectivity index (χ4v) is 3.40. The Bertz CT molecular complexity index is 506. The SMILES string of the molecule is CC(NC(=O)c1sccc1C#CCCO)C1CCCC1. The molecule has 0 spiro atoms. The molecule has 0 saturated heterocycles. The molecule has 1 amide bonds. The molecule has 0 bridgehead atoms. The van der Waals surface area contributed by atoms with Crippen molar-refractivity contribution in [3.05, 3.63) is 21.9 Å². The van der Waals surface area contributed by atoms with Crippen molar-refractivity contribution in [2.45, 2.75) is 45.1 Å². The molecule has 2 N–H and O–H groups in total. The van der Waals surface area contributed by atoms with Gasteiger partial charge in [-0.2, -0.15) is 0 Å². The summed E-state index contributed by atoms with van der Waals surface area (Å²) in [5, 5.41) is 13.7. The van der Waals surface area contributed by atoms with E-state index in [1.54, 1.807) is 0 Å². The van der Waals surface area contributed by atoms with Gasteiger partial charge in [0, 0.05) is 18.0 Å². The van der Waals surface area contributed by atoms with Crippen LogP contribution < -0.4 is 5.32 Å². The molecule has 1 saturated carbocycles. The van der Waals surface area contributed by atoms with Gasteiger partial charge in [-0.05, 0) is 37.1 Å². The van der Waals surface area contributed by atoms with Crippen molar-refractivity contribution in [1.29, 1.82) is 0 Å². The normalized spacial score (nSPS) is 16.5. The predicted molar refractivity (Wildman–Crippen MR) is 81.8 cm³/mol. The Balaban J connectivity index is 1.99. The van der Waals surface area contributed by atoms with Crippen LogP contribution in [0, 0.1) is 17.8 Å². The molecule has 1 aromatic heterocycles. The highest BCUT2D eigenvalue weighted by molar-refractivity contribution is 7.12. The second-order valence-corrected chi connectivity index (χ2v) is 6.16. The van der Waals surface area contributed by atoms with Crippen molar-refractivity contribution >= 4 is 17.2 Å². The number of nitrogens with one attached hydrogen (secondary N) is 1. The Labute approximate surface area is 124 Å². The van der Waals surface area contributed by atoms with Crippen LogP contribution in [0.2, 0.25) is 0 Å². The van der Waals surface area contributed by atoms with Crippen LogP contribution in [-0.4, -0.2) is 23.7 Å². The van der Waals surface area contributed by atoms with Gasteiger partial charge in [-0.25, -0.2) is 0 Å². The molecule has 20 heavy (non-hydrogen) atoms. The van der Waals surface area contributed by atoms with Gasteiger partial charge in [0.05, 0.1) is 6.61 Å². The molecule has 108 valence electrons. The fourth-order valence-electron chi connectivity index (χ4n) is 2.64. The lowest BCUT2D eigenvalue weighted by Crippen LogP contribution is -2.37. The van der Waals surface area contributed by atoms with Crippen LogP contribution in [0.25, 0.3) is 0 Å². The molecule has 3 nitrogen and oxygen atoms in total. The summed E-state index contributed by atoms with van der Waals surface area (Å²) in [4.78, 5) is 13.0. The Kier molecular flexibility index (Phi) is 5.63. The molecule has 2 rings (SSSR count). The number of hydrogen-bond donors (Lipinski definition) is 2. The summed E-state index contributed by atoms with van der Waals surface area (Å²) in [5.74, 6) is 6.42. The monoisotopic (exact) mass is 291 g/mol. The minimum Gasteiger partial charge on any atom is -0.395 e. The molecule has 1 unspecified atom stereocenters. The molecule has 1 heterocycles. The standard InChI is InChI=1S/C16H21NO2S/c1-12(13-6-2-3-7-13)17-16(19)15-14(9-11-20-15)8-4-5-10-18/h9,11-13,18H,2-3,5-7,10H2,1H3,(H,17,19). The van der Waals surface area contributed by atoms with Crippen molar-refractivity contribution in [2.75, 3.05) is 6.61 Å². The van der Waals surface area contributed by atoms with E-state index in [-0.39, 0.29) is 18.6 Å². The van der Waals surface area contributed by atoms with Crippen LogP contribution in [0.3, 0.4) is 0 Å². The number of carbonyl (C=O) groups is 1. The van der Waals surface area contributed by atoms with E-state index in [4.69, 9.17) is 5.11 Å².